The molecule has 29 heavy (non-hydrogen) atoms. The summed E-state index contributed by atoms with van der Waals surface area (Å²) < 4.78 is 0. The number of amides is 2. The standard InChI is InChI=1S/C23H27N3O2S/c1-17-7-8-21-18(14-17)5-3-9-26(21)16-22(27)24-20-6-2-4-19(15-20)23(28)25-10-12-29-13-11-25/h2,4,6-8,14-15H,3,5,9-13,16H2,1H3,(H,24,27). The van der Waals surface area contributed by atoms with Crippen LogP contribution in [0.15, 0.2) is 42.5 Å². The highest BCUT2D eigenvalue weighted by molar-refractivity contribution is 7.99. The Kier molecular flexibility index (Phi) is 6.09. The second-order valence-electron chi connectivity index (χ2n) is 7.69. The number of rotatable bonds is 4. The van der Waals surface area contributed by atoms with Crippen molar-refractivity contribution in [3.05, 3.63) is 59.2 Å². The van der Waals surface area contributed by atoms with E-state index in [2.05, 4.69) is 35.3 Å². The first-order valence-corrected chi connectivity index (χ1v) is 11.4. The number of aryl methyl sites for hydroxylation is 2. The average Bonchev–Trinajstić information content (AvgIpc) is 2.74. The van der Waals surface area contributed by atoms with Gasteiger partial charge in [-0.15, -0.1) is 0 Å². The van der Waals surface area contributed by atoms with Crippen LogP contribution < -0.4 is 10.2 Å². The van der Waals surface area contributed by atoms with Crippen LogP contribution in [-0.2, 0) is 11.2 Å². The summed E-state index contributed by atoms with van der Waals surface area (Å²) in [5.74, 6) is 1.96. The maximum Gasteiger partial charge on any atom is 0.253 e. The van der Waals surface area contributed by atoms with Crippen LogP contribution in [0.5, 0.6) is 0 Å². The summed E-state index contributed by atoms with van der Waals surface area (Å²) >= 11 is 1.88. The molecule has 0 aromatic heterocycles. The lowest BCUT2D eigenvalue weighted by atomic mass is 9.99. The topological polar surface area (TPSA) is 52.7 Å². The van der Waals surface area contributed by atoms with Gasteiger partial charge in [0.05, 0.1) is 6.54 Å². The second-order valence-corrected chi connectivity index (χ2v) is 8.92. The van der Waals surface area contributed by atoms with Gasteiger partial charge in [-0.2, -0.15) is 11.8 Å². The molecule has 0 bridgehead atoms. The zero-order valence-corrected chi connectivity index (χ0v) is 17.6. The van der Waals surface area contributed by atoms with E-state index in [-0.39, 0.29) is 11.8 Å². The average molecular weight is 410 g/mol. The summed E-state index contributed by atoms with van der Waals surface area (Å²) in [5, 5.41) is 2.97. The highest BCUT2D eigenvalue weighted by Crippen LogP contribution is 2.27. The fourth-order valence-electron chi connectivity index (χ4n) is 4.02. The van der Waals surface area contributed by atoms with Gasteiger partial charge in [-0.25, -0.2) is 0 Å². The number of nitrogens with one attached hydrogen (secondary N) is 1. The third-order valence-electron chi connectivity index (χ3n) is 5.48. The van der Waals surface area contributed by atoms with E-state index < -0.39 is 0 Å². The number of nitrogens with zero attached hydrogens (tertiary/aromatic N) is 2. The fraction of sp³-hybridized carbons (Fsp3) is 0.391. The number of carbonyl (C=O) groups is 2. The molecule has 6 heteroatoms. The maximum atomic E-state index is 12.7. The number of fused-ring (bicyclic) bond motifs is 1. The number of benzene rings is 2. The summed E-state index contributed by atoms with van der Waals surface area (Å²) in [6, 6.07) is 13.7. The lowest BCUT2D eigenvalue weighted by Gasteiger charge is -2.31. The molecule has 0 atom stereocenters. The van der Waals surface area contributed by atoms with Gasteiger partial charge in [0.2, 0.25) is 5.91 Å². The minimum absolute atomic E-state index is 0.0433. The van der Waals surface area contributed by atoms with Gasteiger partial charge in [0, 0.05) is 48.1 Å². The first-order valence-electron chi connectivity index (χ1n) is 10.2. The summed E-state index contributed by atoms with van der Waals surface area (Å²) in [6.45, 7) is 4.87. The molecule has 4 rings (SSSR count). The van der Waals surface area contributed by atoms with Gasteiger partial charge in [-0.05, 0) is 49.6 Å². The largest absolute Gasteiger partial charge is 0.362 e. The highest BCUT2D eigenvalue weighted by Gasteiger charge is 2.21. The van der Waals surface area contributed by atoms with E-state index in [1.165, 1.54) is 11.1 Å². The van der Waals surface area contributed by atoms with Gasteiger partial charge in [0.1, 0.15) is 0 Å². The lowest BCUT2D eigenvalue weighted by molar-refractivity contribution is -0.115. The number of carbonyl (C=O) groups excluding carboxylic acids is 2. The van der Waals surface area contributed by atoms with Crippen molar-refractivity contribution in [1.29, 1.82) is 0 Å². The van der Waals surface area contributed by atoms with Crippen molar-refractivity contribution in [3.63, 3.8) is 0 Å². The Morgan fingerprint density at radius 3 is 2.72 bits per heavy atom. The Labute approximate surface area is 176 Å². The normalized spacial score (nSPS) is 16.3. The Morgan fingerprint density at radius 1 is 1.07 bits per heavy atom. The van der Waals surface area contributed by atoms with Crippen LogP contribution in [-0.4, -0.2) is 54.4 Å². The molecule has 0 unspecified atom stereocenters. The van der Waals surface area contributed by atoms with Gasteiger partial charge in [-0.3, -0.25) is 9.59 Å². The fourth-order valence-corrected chi connectivity index (χ4v) is 4.92. The molecule has 2 amide bonds. The Hall–Kier alpha value is -2.47. The van der Waals surface area contributed by atoms with Gasteiger partial charge in [0.15, 0.2) is 0 Å². The van der Waals surface area contributed by atoms with E-state index >= 15 is 0 Å². The SMILES string of the molecule is Cc1ccc2c(c1)CCCN2CC(=O)Nc1cccc(C(=O)N2CCSCC2)c1. The van der Waals surface area contributed by atoms with Crippen LogP contribution in [0.25, 0.3) is 0 Å². The first-order chi connectivity index (χ1) is 14.1. The number of thioether (sulfide) groups is 1. The van der Waals surface area contributed by atoms with Crippen LogP contribution >= 0.6 is 11.8 Å². The highest BCUT2D eigenvalue weighted by atomic mass is 32.2. The van der Waals surface area contributed by atoms with E-state index in [4.69, 9.17) is 0 Å². The van der Waals surface area contributed by atoms with Crippen molar-refractivity contribution in [2.75, 3.05) is 47.9 Å². The minimum atomic E-state index is -0.0580. The Morgan fingerprint density at radius 2 is 1.90 bits per heavy atom. The van der Waals surface area contributed by atoms with Crippen LogP contribution in [0.2, 0.25) is 0 Å². The second kappa shape index (κ2) is 8.91. The van der Waals surface area contributed by atoms with E-state index in [1.54, 1.807) is 6.07 Å². The van der Waals surface area contributed by atoms with Crippen LogP contribution in [0.1, 0.15) is 27.9 Å². The molecule has 2 aliphatic heterocycles. The molecule has 152 valence electrons. The van der Waals surface area contributed by atoms with E-state index in [0.717, 1.165) is 49.7 Å². The van der Waals surface area contributed by atoms with Crippen LogP contribution in [0.3, 0.4) is 0 Å². The molecule has 2 aromatic carbocycles. The number of anilines is 2. The third-order valence-corrected chi connectivity index (χ3v) is 6.42. The molecular weight excluding hydrogens is 382 g/mol. The molecule has 2 heterocycles. The zero-order chi connectivity index (χ0) is 20.2. The van der Waals surface area contributed by atoms with E-state index in [1.807, 2.05) is 34.9 Å². The van der Waals surface area contributed by atoms with Crippen molar-refractivity contribution in [2.24, 2.45) is 0 Å². The number of hydrogen-bond acceptors (Lipinski definition) is 4. The first kappa shape index (κ1) is 19.8. The molecule has 0 saturated carbocycles. The van der Waals surface area contributed by atoms with Gasteiger partial charge in [0.25, 0.3) is 5.91 Å². The van der Waals surface area contributed by atoms with Crippen LogP contribution in [0.4, 0.5) is 11.4 Å². The predicted octanol–water partition coefficient (Wildman–Crippen LogP) is 3.58. The van der Waals surface area contributed by atoms with E-state index in [9.17, 15) is 9.59 Å². The van der Waals surface area contributed by atoms with Crippen molar-refractivity contribution in [2.45, 2.75) is 19.8 Å². The predicted molar refractivity (Wildman–Crippen MR) is 120 cm³/mol. The van der Waals surface area contributed by atoms with Crippen molar-refractivity contribution in [1.82, 2.24) is 4.90 Å². The smallest absolute Gasteiger partial charge is 0.253 e. The lowest BCUT2D eigenvalue weighted by Crippen LogP contribution is -2.38. The third kappa shape index (κ3) is 4.75. The van der Waals surface area contributed by atoms with E-state index in [0.29, 0.717) is 17.8 Å². The summed E-state index contributed by atoms with van der Waals surface area (Å²) in [6.07, 6.45) is 2.12. The molecule has 2 aliphatic rings. The van der Waals surface area contributed by atoms with Crippen molar-refractivity contribution >= 4 is 35.0 Å². The molecular formula is C23H27N3O2S. The number of hydrogen-bond donors (Lipinski definition) is 1. The Balaban J connectivity index is 1.41. The maximum absolute atomic E-state index is 12.7. The molecule has 1 fully saturated rings. The monoisotopic (exact) mass is 409 g/mol. The molecule has 1 saturated heterocycles. The summed E-state index contributed by atoms with van der Waals surface area (Å²) in [4.78, 5) is 29.4. The van der Waals surface area contributed by atoms with Gasteiger partial charge >= 0.3 is 0 Å². The molecule has 0 aliphatic carbocycles. The van der Waals surface area contributed by atoms with Crippen LogP contribution in [0, 0.1) is 6.92 Å². The van der Waals surface area contributed by atoms with Crippen molar-refractivity contribution in [3.8, 4) is 0 Å². The summed E-state index contributed by atoms with van der Waals surface area (Å²) in [5.41, 5.74) is 5.03. The van der Waals surface area contributed by atoms with Gasteiger partial charge in [-0.1, -0.05) is 23.8 Å². The Bertz CT molecular complexity index is 909. The summed E-state index contributed by atoms with van der Waals surface area (Å²) in [7, 11) is 0. The minimum Gasteiger partial charge on any atom is -0.362 e. The van der Waals surface area contributed by atoms with Crippen molar-refractivity contribution < 1.29 is 9.59 Å². The zero-order valence-electron chi connectivity index (χ0n) is 16.8. The quantitative estimate of drug-likeness (QED) is 0.839. The molecule has 2 aromatic rings. The molecule has 1 N–H and O–H groups in total. The molecule has 0 spiro atoms. The molecule has 0 radical (unpaired) electrons. The van der Waals surface area contributed by atoms with Gasteiger partial charge < -0.3 is 15.1 Å². The molecule has 5 nitrogen and oxygen atoms in total.